The van der Waals surface area contributed by atoms with Crippen molar-refractivity contribution in [2.75, 3.05) is 11.9 Å². The van der Waals surface area contributed by atoms with E-state index >= 15 is 0 Å². The summed E-state index contributed by atoms with van der Waals surface area (Å²) in [6.07, 6.45) is 7.96. The van der Waals surface area contributed by atoms with Crippen molar-refractivity contribution in [2.24, 2.45) is 5.92 Å². The normalized spacial score (nSPS) is 12.7. The molecule has 0 fully saturated rings. The van der Waals surface area contributed by atoms with Gasteiger partial charge in [0.25, 0.3) is 5.91 Å². The third-order valence-corrected chi connectivity index (χ3v) is 6.74. The second-order valence-corrected chi connectivity index (χ2v) is 12.0. The van der Waals surface area contributed by atoms with Crippen molar-refractivity contribution >= 4 is 35.2 Å². The van der Waals surface area contributed by atoms with E-state index in [1.807, 2.05) is 26.8 Å². The molecule has 41 heavy (non-hydrogen) atoms. The molecule has 2 unspecified atom stereocenters. The standard InChI is InChI=1S/C33H44ClN3O4/c1-9-11-14-20-37(31(39)27(21-22(3)4)35-32(40)41-33(6,7)8)29(25-18-13-12-17-24(25)10-2)30(38)36-28-23(5)16-15-19-26(28)34/h2,12-13,15-19,22,27,29H,9,11,14,20-21H2,1,3-8H3,(H,35,40)(H,36,38). The van der Waals surface area contributed by atoms with Crippen molar-refractivity contribution in [3.05, 3.63) is 64.2 Å². The minimum absolute atomic E-state index is 0.0763. The van der Waals surface area contributed by atoms with Gasteiger partial charge in [-0.1, -0.05) is 81.5 Å². The van der Waals surface area contributed by atoms with Gasteiger partial charge in [-0.05, 0) is 69.7 Å². The number of nitrogens with zero attached hydrogens (tertiary/aromatic N) is 1. The summed E-state index contributed by atoms with van der Waals surface area (Å²) in [5, 5.41) is 6.12. The lowest BCUT2D eigenvalue weighted by Gasteiger charge is -2.35. The van der Waals surface area contributed by atoms with E-state index in [2.05, 4.69) is 23.5 Å². The molecule has 0 aliphatic heterocycles. The molecule has 0 radical (unpaired) electrons. The number of carbonyl (C=O) groups excluding carboxylic acids is 3. The summed E-state index contributed by atoms with van der Waals surface area (Å²) in [4.78, 5) is 42.9. The minimum Gasteiger partial charge on any atom is -0.444 e. The van der Waals surface area contributed by atoms with Gasteiger partial charge >= 0.3 is 6.09 Å². The molecule has 2 rings (SSSR count). The first kappa shape index (κ1) is 33.7. The maximum atomic E-state index is 14.4. The van der Waals surface area contributed by atoms with Crippen molar-refractivity contribution < 1.29 is 19.1 Å². The largest absolute Gasteiger partial charge is 0.444 e. The molecule has 2 N–H and O–H groups in total. The number of ether oxygens (including phenoxy) is 1. The van der Waals surface area contributed by atoms with Gasteiger partial charge in [0.05, 0.1) is 10.7 Å². The molecule has 0 spiro atoms. The molecule has 0 saturated heterocycles. The van der Waals surface area contributed by atoms with E-state index in [0.717, 1.165) is 18.4 Å². The molecule has 7 nitrogen and oxygen atoms in total. The van der Waals surface area contributed by atoms with Crippen LogP contribution in [-0.2, 0) is 14.3 Å². The number of rotatable bonds is 12. The number of aryl methyl sites for hydroxylation is 1. The predicted octanol–water partition coefficient (Wildman–Crippen LogP) is 7.27. The molecule has 222 valence electrons. The Morgan fingerprint density at radius 3 is 2.34 bits per heavy atom. The Bertz CT molecular complexity index is 1230. The van der Waals surface area contributed by atoms with Crippen LogP contribution in [0.4, 0.5) is 10.5 Å². The quantitative estimate of drug-likeness (QED) is 0.204. The van der Waals surface area contributed by atoms with Gasteiger partial charge in [-0.25, -0.2) is 4.79 Å². The van der Waals surface area contributed by atoms with Gasteiger partial charge in [0, 0.05) is 12.1 Å². The number of anilines is 1. The average Bonchev–Trinajstić information content (AvgIpc) is 2.88. The highest BCUT2D eigenvalue weighted by Crippen LogP contribution is 2.31. The van der Waals surface area contributed by atoms with Crippen LogP contribution in [0.2, 0.25) is 5.02 Å². The topological polar surface area (TPSA) is 87.7 Å². The highest BCUT2D eigenvalue weighted by molar-refractivity contribution is 6.34. The van der Waals surface area contributed by atoms with Gasteiger partial charge in [0.15, 0.2) is 0 Å². The molecule has 0 heterocycles. The molecule has 0 aliphatic rings. The van der Waals surface area contributed by atoms with Crippen LogP contribution in [0.15, 0.2) is 42.5 Å². The number of unbranched alkanes of at least 4 members (excludes halogenated alkanes) is 2. The number of para-hydroxylation sites is 1. The molecule has 8 heteroatoms. The predicted molar refractivity (Wildman–Crippen MR) is 166 cm³/mol. The first-order chi connectivity index (χ1) is 19.3. The number of terminal acetylenes is 1. The summed E-state index contributed by atoms with van der Waals surface area (Å²) in [5.41, 5.74) is 1.52. The number of nitrogens with one attached hydrogen (secondary N) is 2. The Morgan fingerprint density at radius 2 is 1.76 bits per heavy atom. The minimum atomic E-state index is -1.07. The van der Waals surface area contributed by atoms with Gasteiger partial charge in [0.2, 0.25) is 5.91 Å². The highest BCUT2D eigenvalue weighted by Gasteiger charge is 2.37. The van der Waals surface area contributed by atoms with E-state index in [1.165, 1.54) is 4.90 Å². The Morgan fingerprint density at radius 1 is 1.07 bits per heavy atom. The van der Waals surface area contributed by atoms with E-state index in [0.29, 0.717) is 34.7 Å². The Hall–Kier alpha value is -3.50. The second kappa shape index (κ2) is 15.5. The molecule has 3 amide bonds. The van der Waals surface area contributed by atoms with Gasteiger partial charge in [-0.2, -0.15) is 0 Å². The third kappa shape index (κ3) is 10.1. The molecule has 2 aromatic carbocycles. The van der Waals surface area contributed by atoms with Crippen LogP contribution in [-0.4, -0.2) is 41.0 Å². The van der Waals surface area contributed by atoms with Crippen molar-refractivity contribution in [1.82, 2.24) is 10.2 Å². The monoisotopic (exact) mass is 581 g/mol. The summed E-state index contributed by atoms with van der Waals surface area (Å²) < 4.78 is 5.47. The van der Waals surface area contributed by atoms with Crippen LogP contribution >= 0.6 is 11.6 Å². The van der Waals surface area contributed by atoms with Crippen LogP contribution in [0, 0.1) is 25.2 Å². The van der Waals surface area contributed by atoms with Crippen molar-refractivity contribution in [1.29, 1.82) is 0 Å². The SMILES string of the molecule is C#Cc1ccccc1C(C(=O)Nc1c(C)cccc1Cl)N(CCCCC)C(=O)C(CC(C)C)NC(=O)OC(C)(C)C. The van der Waals surface area contributed by atoms with E-state index in [9.17, 15) is 14.4 Å². The zero-order chi connectivity index (χ0) is 30.7. The number of carbonyl (C=O) groups is 3. The molecule has 0 aliphatic carbocycles. The summed E-state index contributed by atoms with van der Waals surface area (Å²) >= 11 is 6.46. The molecule has 2 atom stereocenters. The fourth-order valence-electron chi connectivity index (χ4n) is 4.54. The number of benzene rings is 2. The van der Waals surface area contributed by atoms with E-state index in [-0.39, 0.29) is 18.4 Å². The van der Waals surface area contributed by atoms with Crippen LogP contribution < -0.4 is 10.6 Å². The maximum absolute atomic E-state index is 14.4. The Balaban J connectivity index is 2.65. The lowest BCUT2D eigenvalue weighted by atomic mass is 9.95. The molecule has 0 saturated carbocycles. The summed E-state index contributed by atoms with van der Waals surface area (Å²) in [6, 6.07) is 10.4. The van der Waals surface area contributed by atoms with Gasteiger partial charge < -0.3 is 20.3 Å². The first-order valence-electron chi connectivity index (χ1n) is 14.2. The number of halogens is 1. The van der Waals surface area contributed by atoms with E-state index in [1.54, 1.807) is 57.2 Å². The fourth-order valence-corrected chi connectivity index (χ4v) is 4.81. The summed E-state index contributed by atoms with van der Waals surface area (Å²) in [7, 11) is 0. The number of alkyl carbamates (subject to hydrolysis) is 1. The van der Waals surface area contributed by atoms with Crippen LogP contribution in [0.1, 0.15) is 90.0 Å². The zero-order valence-corrected chi connectivity index (χ0v) is 26.1. The number of amides is 3. The van der Waals surface area contributed by atoms with Crippen LogP contribution in [0.25, 0.3) is 0 Å². The molecule has 0 bridgehead atoms. The Labute approximate surface area is 250 Å². The molecular weight excluding hydrogens is 538 g/mol. The lowest BCUT2D eigenvalue weighted by Crippen LogP contribution is -2.53. The smallest absolute Gasteiger partial charge is 0.408 e. The fraction of sp³-hybridized carbons (Fsp3) is 0.485. The average molecular weight is 582 g/mol. The van der Waals surface area contributed by atoms with Crippen LogP contribution in [0.5, 0.6) is 0 Å². The first-order valence-corrected chi connectivity index (χ1v) is 14.6. The second-order valence-electron chi connectivity index (χ2n) is 11.6. The van der Waals surface area contributed by atoms with Crippen LogP contribution in [0.3, 0.4) is 0 Å². The summed E-state index contributed by atoms with van der Waals surface area (Å²) in [6.45, 7) is 13.4. The van der Waals surface area contributed by atoms with Crippen molar-refractivity contribution in [3.8, 4) is 12.3 Å². The molecule has 2 aromatic rings. The van der Waals surface area contributed by atoms with Gasteiger partial charge in [-0.15, -0.1) is 6.42 Å². The Kier molecular flexibility index (Phi) is 12.7. The lowest BCUT2D eigenvalue weighted by molar-refractivity contribution is -0.141. The third-order valence-electron chi connectivity index (χ3n) is 6.42. The zero-order valence-electron chi connectivity index (χ0n) is 25.3. The van der Waals surface area contributed by atoms with Crippen molar-refractivity contribution in [3.63, 3.8) is 0 Å². The van der Waals surface area contributed by atoms with E-state index in [4.69, 9.17) is 22.8 Å². The number of hydrogen-bond acceptors (Lipinski definition) is 4. The maximum Gasteiger partial charge on any atom is 0.408 e. The summed E-state index contributed by atoms with van der Waals surface area (Å²) in [5.74, 6) is 1.91. The van der Waals surface area contributed by atoms with Crippen molar-refractivity contribution in [2.45, 2.75) is 91.8 Å². The molecular formula is C33H44ClN3O4. The van der Waals surface area contributed by atoms with Gasteiger partial charge in [-0.3, -0.25) is 9.59 Å². The number of hydrogen-bond donors (Lipinski definition) is 2. The van der Waals surface area contributed by atoms with E-state index < -0.39 is 29.7 Å². The highest BCUT2D eigenvalue weighted by atomic mass is 35.5. The van der Waals surface area contributed by atoms with Gasteiger partial charge in [0.1, 0.15) is 17.7 Å². The molecule has 0 aromatic heterocycles.